The minimum atomic E-state index is -0.217. The summed E-state index contributed by atoms with van der Waals surface area (Å²) in [7, 11) is 0. The number of rotatable bonds is 11. The first-order valence-corrected chi connectivity index (χ1v) is 9.83. The fraction of sp³-hybridized carbons (Fsp3) is 0.348. The molecule has 2 rings (SSSR count). The molecule has 6 nitrogen and oxygen atoms in total. The van der Waals surface area contributed by atoms with E-state index in [-0.39, 0.29) is 24.2 Å². The molecule has 0 aliphatic carbocycles. The molecule has 0 aliphatic rings. The van der Waals surface area contributed by atoms with Crippen LogP contribution in [0.25, 0.3) is 0 Å². The van der Waals surface area contributed by atoms with Gasteiger partial charge in [0, 0.05) is 25.1 Å². The fourth-order valence-corrected chi connectivity index (χ4v) is 2.63. The van der Waals surface area contributed by atoms with Gasteiger partial charge in [-0.15, -0.1) is 0 Å². The Bertz CT molecular complexity index is 814. The summed E-state index contributed by atoms with van der Waals surface area (Å²) in [5, 5.41) is 5.63. The highest BCUT2D eigenvalue weighted by atomic mass is 16.5. The highest BCUT2D eigenvalue weighted by molar-refractivity contribution is 5.90. The maximum atomic E-state index is 12.0. The van der Waals surface area contributed by atoms with Gasteiger partial charge < -0.3 is 20.2 Å². The van der Waals surface area contributed by atoms with Gasteiger partial charge in [0.25, 0.3) is 5.91 Å². The number of hydrogen-bond acceptors (Lipinski definition) is 4. The molecule has 2 N–H and O–H groups in total. The van der Waals surface area contributed by atoms with Crippen LogP contribution in [0.5, 0.6) is 5.75 Å². The molecule has 0 fully saturated rings. The summed E-state index contributed by atoms with van der Waals surface area (Å²) in [4.78, 5) is 34.6. The number of ether oxygens (including phenoxy) is 1. The van der Waals surface area contributed by atoms with Crippen molar-refractivity contribution in [1.82, 2.24) is 5.32 Å². The zero-order chi connectivity index (χ0) is 21.1. The summed E-state index contributed by atoms with van der Waals surface area (Å²) < 4.78 is 5.50. The fourth-order valence-electron chi connectivity index (χ4n) is 2.63. The standard InChI is InChI=1S/C23H28N2O4/c1-3-4-22(27)25-20-11-7-19(8-12-20)15-24-23(28)16-29-21-13-9-18(10-14-21)6-5-17(2)26/h7-14H,3-6,15-16H2,1-2H3,(H,24,28)(H,25,27). The van der Waals surface area contributed by atoms with Gasteiger partial charge in [-0.05, 0) is 55.2 Å². The lowest BCUT2D eigenvalue weighted by molar-refractivity contribution is -0.123. The molecule has 0 saturated heterocycles. The summed E-state index contributed by atoms with van der Waals surface area (Å²) in [6.07, 6.45) is 2.53. The van der Waals surface area contributed by atoms with Gasteiger partial charge >= 0.3 is 0 Å². The third-order valence-electron chi connectivity index (χ3n) is 4.26. The zero-order valence-corrected chi connectivity index (χ0v) is 17.0. The van der Waals surface area contributed by atoms with Crippen LogP contribution in [0.3, 0.4) is 0 Å². The summed E-state index contributed by atoms with van der Waals surface area (Å²) >= 11 is 0. The van der Waals surface area contributed by atoms with Crippen molar-refractivity contribution >= 4 is 23.3 Å². The number of amides is 2. The molecular formula is C23H28N2O4. The van der Waals surface area contributed by atoms with Gasteiger partial charge in [-0.1, -0.05) is 31.2 Å². The Morgan fingerprint density at radius 3 is 2.14 bits per heavy atom. The lowest BCUT2D eigenvalue weighted by atomic mass is 10.1. The number of anilines is 1. The molecule has 0 unspecified atom stereocenters. The zero-order valence-electron chi connectivity index (χ0n) is 17.0. The van der Waals surface area contributed by atoms with Crippen molar-refractivity contribution in [2.75, 3.05) is 11.9 Å². The van der Waals surface area contributed by atoms with E-state index in [4.69, 9.17) is 4.74 Å². The lowest BCUT2D eigenvalue weighted by Crippen LogP contribution is -2.28. The molecule has 2 aromatic carbocycles. The van der Waals surface area contributed by atoms with E-state index < -0.39 is 0 Å². The maximum absolute atomic E-state index is 12.0. The number of aryl methyl sites for hydroxylation is 1. The molecule has 0 saturated carbocycles. The smallest absolute Gasteiger partial charge is 0.258 e. The summed E-state index contributed by atoms with van der Waals surface area (Å²) in [6.45, 7) is 3.85. The van der Waals surface area contributed by atoms with Crippen molar-refractivity contribution < 1.29 is 19.1 Å². The van der Waals surface area contributed by atoms with E-state index >= 15 is 0 Å². The Morgan fingerprint density at radius 2 is 1.52 bits per heavy atom. The molecule has 154 valence electrons. The van der Waals surface area contributed by atoms with E-state index in [9.17, 15) is 14.4 Å². The van der Waals surface area contributed by atoms with E-state index in [1.54, 1.807) is 19.1 Å². The number of benzene rings is 2. The minimum absolute atomic E-state index is 0.00223. The van der Waals surface area contributed by atoms with Crippen LogP contribution in [0.1, 0.15) is 44.2 Å². The number of ketones is 1. The summed E-state index contributed by atoms with van der Waals surface area (Å²) in [5.74, 6) is 0.556. The topological polar surface area (TPSA) is 84.5 Å². The van der Waals surface area contributed by atoms with Gasteiger partial charge in [-0.25, -0.2) is 0 Å². The Hall–Kier alpha value is -3.15. The van der Waals surface area contributed by atoms with E-state index in [0.29, 0.717) is 31.6 Å². The van der Waals surface area contributed by atoms with Gasteiger partial charge in [0.15, 0.2) is 6.61 Å². The second-order valence-electron chi connectivity index (χ2n) is 6.91. The van der Waals surface area contributed by atoms with E-state index in [0.717, 1.165) is 23.2 Å². The van der Waals surface area contributed by atoms with E-state index in [1.807, 2.05) is 43.3 Å². The molecule has 0 aromatic heterocycles. The number of carbonyl (C=O) groups is 3. The second-order valence-corrected chi connectivity index (χ2v) is 6.91. The average molecular weight is 396 g/mol. The van der Waals surface area contributed by atoms with Crippen molar-refractivity contribution in [3.63, 3.8) is 0 Å². The van der Waals surface area contributed by atoms with Crippen LogP contribution in [-0.2, 0) is 27.3 Å². The van der Waals surface area contributed by atoms with Crippen molar-refractivity contribution in [3.8, 4) is 5.75 Å². The van der Waals surface area contributed by atoms with Gasteiger partial charge in [0.1, 0.15) is 11.5 Å². The van der Waals surface area contributed by atoms with E-state index in [1.165, 1.54) is 0 Å². The van der Waals surface area contributed by atoms with Crippen molar-refractivity contribution in [2.45, 2.75) is 46.1 Å². The summed E-state index contributed by atoms with van der Waals surface area (Å²) in [5.41, 5.74) is 2.74. The number of carbonyl (C=O) groups excluding carboxylic acids is 3. The molecule has 29 heavy (non-hydrogen) atoms. The van der Waals surface area contributed by atoms with Crippen LogP contribution in [0.4, 0.5) is 5.69 Å². The molecule has 2 aromatic rings. The van der Waals surface area contributed by atoms with Crippen LogP contribution in [0.15, 0.2) is 48.5 Å². The van der Waals surface area contributed by atoms with Crippen LogP contribution >= 0.6 is 0 Å². The molecule has 0 spiro atoms. The third kappa shape index (κ3) is 8.60. The number of Topliss-reactive ketones (excluding diaryl/α,β-unsaturated/α-hetero) is 1. The van der Waals surface area contributed by atoms with Crippen LogP contribution in [0, 0.1) is 0 Å². The monoisotopic (exact) mass is 396 g/mol. The number of hydrogen-bond donors (Lipinski definition) is 2. The first kappa shape index (κ1) is 22.1. The second kappa shape index (κ2) is 11.6. The molecule has 2 amide bonds. The van der Waals surface area contributed by atoms with Crippen LogP contribution in [-0.4, -0.2) is 24.2 Å². The molecule has 0 heterocycles. The SMILES string of the molecule is CCCC(=O)Nc1ccc(CNC(=O)COc2ccc(CCC(C)=O)cc2)cc1. The average Bonchev–Trinajstić information content (AvgIpc) is 2.71. The Morgan fingerprint density at radius 1 is 0.862 bits per heavy atom. The number of nitrogens with one attached hydrogen (secondary N) is 2. The lowest BCUT2D eigenvalue weighted by Gasteiger charge is -2.09. The molecule has 6 heteroatoms. The van der Waals surface area contributed by atoms with Crippen molar-refractivity contribution in [3.05, 3.63) is 59.7 Å². The van der Waals surface area contributed by atoms with Gasteiger partial charge in [-0.3, -0.25) is 9.59 Å². The predicted octanol–water partition coefficient (Wildman–Crippen LogP) is 3.64. The Labute approximate surface area is 171 Å². The quantitative estimate of drug-likeness (QED) is 0.607. The van der Waals surface area contributed by atoms with Gasteiger partial charge in [-0.2, -0.15) is 0 Å². The van der Waals surface area contributed by atoms with E-state index in [2.05, 4.69) is 10.6 Å². The molecule has 0 atom stereocenters. The molecule has 0 aliphatic heterocycles. The Kier molecular flexibility index (Phi) is 8.89. The van der Waals surface area contributed by atoms with Crippen LogP contribution in [0.2, 0.25) is 0 Å². The minimum Gasteiger partial charge on any atom is -0.484 e. The largest absolute Gasteiger partial charge is 0.484 e. The molecular weight excluding hydrogens is 368 g/mol. The van der Waals surface area contributed by atoms with Gasteiger partial charge in [0.05, 0.1) is 0 Å². The first-order valence-electron chi connectivity index (χ1n) is 9.83. The summed E-state index contributed by atoms with van der Waals surface area (Å²) in [6, 6.07) is 14.8. The first-order chi connectivity index (χ1) is 14.0. The molecule has 0 bridgehead atoms. The van der Waals surface area contributed by atoms with Crippen molar-refractivity contribution in [2.24, 2.45) is 0 Å². The highest BCUT2D eigenvalue weighted by Gasteiger charge is 2.05. The Balaban J connectivity index is 1.71. The van der Waals surface area contributed by atoms with Crippen molar-refractivity contribution in [1.29, 1.82) is 0 Å². The third-order valence-corrected chi connectivity index (χ3v) is 4.26. The highest BCUT2D eigenvalue weighted by Crippen LogP contribution is 2.14. The normalized spacial score (nSPS) is 10.3. The predicted molar refractivity (Wildman–Crippen MR) is 113 cm³/mol. The van der Waals surface area contributed by atoms with Crippen LogP contribution < -0.4 is 15.4 Å². The van der Waals surface area contributed by atoms with Gasteiger partial charge in [0.2, 0.25) is 5.91 Å². The molecule has 0 radical (unpaired) electrons. The maximum Gasteiger partial charge on any atom is 0.258 e.